The monoisotopic (exact) mass is 413 g/mol. The van der Waals surface area contributed by atoms with Gasteiger partial charge in [0.1, 0.15) is 0 Å². The lowest BCUT2D eigenvalue weighted by Crippen LogP contribution is -2.21. The zero-order chi connectivity index (χ0) is 21.0. The highest BCUT2D eigenvalue weighted by molar-refractivity contribution is 7.95. The first kappa shape index (κ1) is 23.1. The van der Waals surface area contributed by atoms with Crippen LogP contribution < -0.4 is 5.32 Å². The van der Waals surface area contributed by atoms with Crippen LogP contribution in [0.2, 0.25) is 0 Å². The predicted octanol–water partition coefficient (Wildman–Crippen LogP) is 4.82. The number of nitrogens with one attached hydrogen (secondary N) is 1. The first-order valence-corrected chi connectivity index (χ1v) is 11.5. The molecule has 156 valence electrons. The number of allylic oxidation sites excluding steroid dienone is 1. The quantitative estimate of drug-likeness (QED) is 0.378. The number of ether oxygens (including phenoxy) is 1. The minimum atomic E-state index is -3.50. The van der Waals surface area contributed by atoms with Gasteiger partial charge in [-0.3, -0.25) is 0 Å². The smallest absolute Gasteiger partial charge is 0.203 e. The summed E-state index contributed by atoms with van der Waals surface area (Å²) in [6, 6.07) is 17.1. The van der Waals surface area contributed by atoms with E-state index in [1.54, 1.807) is 18.2 Å². The Morgan fingerprint density at radius 3 is 2.48 bits per heavy atom. The lowest BCUT2D eigenvalue weighted by molar-refractivity contribution is 0.117. The van der Waals surface area contributed by atoms with Crippen molar-refractivity contribution in [1.29, 1.82) is 0 Å². The standard InChI is InChI=1S/C24H31NO3S/c1-3-17-25-19-24(29(26,27)23-15-13-21(2)14-16-23)12-8-5-9-18-28-20-22-10-6-4-7-11-22/h3-4,6-7,10-16,25H,1,5,8-9,17-20H2,2H3/b24-12+. The molecule has 2 rings (SSSR count). The first-order chi connectivity index (χ1) is 14.0. The average Bonchev–Trinajstić information content (AvgIpc) is 2.73. The van der Waals surface area contributed by atoms with Crippen LogP contribution in [0.5, 0.6) is 0 Å². The lowest BCUT2D eigenvalue weighted by Gasteiger charge is -2.11. The van der Waals surface area contributed by atoms with E-state index in [1.807, 2.05) is 55.5 Å². The van der Waals surface area contributed by atoms with Crippen LogP contribution in [0.3, 0.4) is 0 Å². The van der Waals surface area contributed by atoms with E-state index in [9.17, 15) is 8.42 Å². The predicted molar refractivity (Wildman–Crippen MR) is 119 cm³/mol. The summed E-state index contributed by atoms with van der Waals surface area (Å²) in [7, 11) is -3.50. The molecule has 0 aromatic heterocycles. The van der Waals surface area contributed by atoms with Crippen molar-refractivity contribution in [3.8, 4) is 0 Å². The Bertz CT molecular complexity index is 872. The summed E-state index contributed by atoms with van der Waals surface area (Å²) in [5, 5.41) is 3.11. The molecule has 0 saturated heterocycles. The van der Waals surface area contributed by atoms with Gasteiger partial charge in [-0.15, -0.1) is 6.58 Å². The fourth-order valence-electron chi connectivity index (χ4n) is 2.82. The van der Waals surface area contributed by atoms with Crippen LogP contribution in [0.1, 0.15) is 30.4 Å². The second-order valence-corrected chi connectivity index (χ2v) is 8.94. The van der Waals surface area contributed by atoms with E-state index < -0.39 is 9.84 Å². The Balaban J connectivity index is 1.88. The van der Waals surface area contributed by atoms with Gasteiger partial charge in [-0.05, 0) is 43.9 Å². The Kier molecular flexibility index (Phi) is 9.84. The van der Waals surface area contributed by atoms with Crippen LogP contribution in [0, 0.1) is 6.92 Å². The van der Waals surface area contributed by atoms with Gasteiger partial charge in [-0.1, -0.05) is 60.2 Å². The van der Waals surface area contributed by atoms with Crippen molar-refractivity contribution in [3.63, 3.8) is 0 Å². The van der Waals surface area contributed by atoms with Gasteiger partial charge in [0.25, 0.3) is 0 Å². The summed E-state index contributed by atoms with van der Waals surface area (Å²) in [4.78, 5) is 0.745. The third-order valence-electron chi connectivity index (χ3n) is 4.49. The van der Waals surface area contributed by atoms with E-state index in [2.05, 4.69) is 11.9 Å². The largest absolute Gasteiger partial charge is 0.377 e. The summed E-state index contributed by atoms with van der Waals surface area (Å²) in [6.45, 7) is 7.74. The minimum absolute atomic E-state index is 0.298. The fourth-order valence-corrected chi connectivity index (χ4v) is 4.25. The van der Waals surface area contributed by atoms with Crippen molar-refractivity contribution in [3.05, 3.63) is 89.4 Å². The molecule has 0 radical (unpaired) electrons. The lowest BCUT2D eigenvalue weighted by atomic mass is 10.2. The van der Waals surface area contributed by atoms with Crippen LogP contribution in [-0.2, 0) is 21.2 Å². The van der Waals surface area contributed by atoms with E-state index >= 15 is 0 Å². The third kappa shape index (κ3) is 7.97. The van der Waals surface area contributed by atoms with Crippen molar-refractivity contribution in [2.75, 3.05) is 19.7 Å². The van der Waals surface area contributed by atoms with Crippen molar-refractivity contribution in [2.45, 2.75) is 37.7 Å². The minimum Gasteiger partial charge on any atom is -0.377 e. The Morgan fingerprint density at radius 1 is 1.07 bits per heavy atom. The Labute approximate surface area is 175 Å². The molecule has 0 heterocycles. The number of rotatable bonds is 13. The van der Waals surface area contributed by atoms with Gasteiger partial charge in [0, 0.05) is 19.7 Å². The van der Waals surface area contributed by atoms with Gasteiger partial charge in [0.15, 0.2) is 0 Å². The number of sulfone groups is 1. The third-order valence-corrected chi connectivity index (χ3v) is 6.38. The molecule has 0 aliphatic rings. The summed E-state index contributed by atoms with van der Waals surface area (Å²) in [5.74, 6) is 0. The fraction of sp³-hybridized carbons (Fsp3) is 0.333. The van der Waals surface area contributed by atoms with Gasteiger partial charge < -0.3 is 10.1 Å². The van der Waals surface area contributed by atoms with Gasteiger partial charge in [-0.25, -0.2) is 8.42 Å². The van der Waals surface area contributed by atoms with E-state index in [4.69, 9.17) is 4.74 Å². The molecular weight excluding hydrogens is 382 g/mol. The van der Waals surface area contributed by atoms with E-state index in [1.165, 1.54) is 0 Å². The Morgan fingerprint density at radius 2 is 1.79 bits per heavy atom. The maximum Gasteiger partial charge on any atom is 0.203 e. The van der Waals surface area contributed by atoms with E-state index in [0.29, 0.717) is 42.5 Å². The normalized spacial score (nSPS) is 12.1. The number of aryl methyl sites for hydroxylation is 1. The Hall–Kier alpha value is -2.21. The molecule has 0 aliphatic carbocycles. The molecule has 0 bridgehead atoms. The molecule has 0 atom stereocenters. The zero-order valence-corrected chi connectivity index (χ0v) is 18.0. The zero-order valence-electron chi connectivity index (χ0n) is 17.1. The van der Waals surface area contributed by atoms with Crippen LogP contribution >= 0.6 is 0 Å². The molecule has 0 saturated carbocycles. The topological polar surface area (TPSA) is 55.4 Å². The number of hydrogen-bond donors (Lipinski definition) is 1. The van der Waals surface area contributed by atoms with E-state index in [0.717, 1.165) is 24.0 Å². The van der Waals surface area contributed by atoms with Crippen LogP contribution in [-0.4, -0.2) is 28.1 Å². The van der Waals surface area contributed by atoms with E-state index in [-0.39, 0.29) is 0 Å². The summed E-state index contributed by atoms with van der Waals surface area (Å²) in [5.41, 5.74) is 2.20. The molecule has 0 unspecified atom stereocenters. The maximum atomic E-state index is 13.0. The SMILES string of the molecule is C=CCNC/C(=C\CCCCOCc1ccccc1)S(=O)(=O)c1ccc(C)cc1. The summed E-state index contributed by atoms with van der Waals surface area (Å²) in [6.07, 6.45) is 6.03. The molecule has 2 aromatic rings. The number of unbranched alkanes of at least 4 members (excludes halogenated alkanes) is 2. The van der Waals surface area contributed by atoms with Gasteiger partial charge >= 0.3 is 0 Å². The molecule has 5 heteroatoms. The number of hydrogen-bond acceptors (Lipinski definition) is 4. The van der Waals surface area contributed by atoms with Crippen molar-refractivity contribution < 1.29 is 13.2 Å². The molecule has 0 amide bonds. The highest BCUT2D eigenvalue weighted by Gasteiger charge is 2.19. The molecule has 0 fully saturated rings. The second kappa shape index (κ2) is 12.4. The first-order valence-electron chi connectivity index (χ1n) is 9.98. The average molecular weight is 414 g/mol. The summed E-state index contributed by atoms with van der Waals surface area (Å²) >= 11 is 0. The molecule has 29 heavy (non-hydrogen) atoms. The van der Waals surface area contributed by atoms with Crippen LogP contribution in [0.4, 0.5) is 0 Å². The van der Waals surface area contributed by atoms with Gasteiger partial charge in [0.2, 0.25) is 9.84 Å². The van der Waals surface area contributed by atoms with Crippen LogP contribution in [0.25, 0.3) is 0 Å². The van der Waals surface area contributed by atoms with Crippen molar-refractivity contribution in [1.82, 2.24) is 5.32 Å². The second-order valence-electron chi connectivity index (χ2n) is 6.94. The van der Waals surface area contributed by atoms with Crippen molar-refractivity contribution in [2.24, 2.45) is 0 Å². The summed E-state index contributed by atoms with van der Waals surface area (Å²) < 4.78 is 31.7. The van der Waals surface area contributed by atoms with Gasteiger partial charge in [-0.2, -0.15) is 0 Å². The molecule has 4 nitrogen and oxygen atoms in total. The van der Waals surface area contributed by atoms with Crippen LogP contribution in [0.15, 0.2) is 83.1 Å². The highest BCUT2D eigenvalue weighted by atomic mass is 32.2. The molecule has 0 aliphatic heterocycles. The molecule has 1 N–H and O–H groups in total. The van der Waals surface area contributed by atoms with Gasteiger partial charge in [0.05, 0.1) is 16.4 Å². The number of benzene rings is 2. The highest BCUT2D eigenvalue weighted by Crippen LogP contribution is 2.20. The maximum absolute atomic E-state index is 13.0. The molecular formula is C24H31NO3S. The van der Waals surface area contributed by atoms with Crippen molar-refractivity contribution >= 4 is 9.84 Å². The molecule has 2 aromatic carbocycles. The molecule has 0 spiro atoms.